The number of carbonyl (C=O) groups is 1. The van der Waals surface area contributed by atoms with Gasteiger partial charge in [0.15, 0.2) is 0 Å². The minimum Gasteiger partial charge on any atom is -0.444 e. The number of nitrogens with zero attached hydrogens (tertiary/aromatic N) is 2. The van der Waals surface area contributed by atoms with Crippen molar-refractivity contribution in [1.29, 1.82) is 0 Å². The summed E-state index contributed by atoms with van der Waals surface area (Å²) >= 11 is 0. The maximum Gasteiger partial charge on any atom is 0.407 e. The van der Waals surface area contributed by atoms with E-state index < -0.39 is 5.60 Å². The van der Waals surface area contributed by atoms with E-state index in [9.17, 15) is 4.79 Å². The monoisotopic (exact) mass is 318 g/mol. The first-order valence-corrected chi connectivity index (χ1v) is 7.51. The number of aromatic nitrogens is 2. The summed E-state index contributed by atoms with van der Waals surface area (Å²) in [5, 5.41) is 13.5. The Hall–Kier alpha value is -2.57. The Labute approximate surface area is 135 Å². The van der Waals surface area contributed by atoms with Crippen LogP contribution < -0.4 is 10.6 Å². The fourth-order valence-corrected chi connectivity index (χ4v) is 1.86. The van der Waals surface area contributed by atoms with E-state index in [-0.39, 0.29) is 6.09 Å². The summed E-state index contributed by atoms with van der Waals surface area (Å²) in [5.74, 6) is 0.498. The van der Waals surface area contributed by atoms with Crippen molar-refractivity contribution in [2.75, 3.05) is 18.4 Å². The maximum absolute atomic E-state index is 11.5. The number of benzene rings is 1. The normalized spacial score (nSPS) is 11.1. The quantitative estimate of drug-likeness (QED) is 0.796. The second-order valence-corrected chi connectivity index (χ2v) is 6.03. The number of rotatable bonds is 6. The van der Waals surface area contributed by atoms with Crippen molar-refractivity contribution >= 4 is 11.8 Å². The summed E-state index contributed by atoms with van der Waals surface area (Å²) in [5.41, 5.74) is 1.40. The minimum absolute atomic E-state index is 0.388. The van der Waals surface area contributed by atoms with Gasteiger partial charge in [0.25, 0.3) is 0 Å². The lowest BCUT2D eigenvalue weighted by Gasteiger charge is -2.19. The van der Waals surface area contributed by atoms with E-state index in [0.29, 0.717) is 12.4 Å². The lowest BCUT2D eigenvalue weighted by molar-refractivity contribution is 0.0528. The smallest absolute Gasteiger partial charge is 0.407 e. The molecule has 0 saturated heterocycles. The Morgan fingerprint density at radius 2 is 1.96 bits per heavy atom. The van der Waals surface area contributed by atoms with Gasteiger partial charge in [-0.3, -0.25) is 0 Å². The van der Waals surface area contributed by atoms with Gasteiger partial charge in [-0.05, 0) is 51.5 Å². The van der Waals surface area contributed by atoms with E-state index in [2.05, 4.69) is 20.8 Å². The number of anilines is 1. The minimum atomic E-state index is -0.470. The van der Waals surface area contributed by atoms with Crippen LogP contribution in [0.3, 0.4) is 0 Å². The molecule has 0 spiro atoms. The van der Waals surface area contributed by atoms with E-state index >= 15 is 0 Å². The molecule has 2 rings (SSSR count). The zero-order valence-electron chi connectivity index (χ0n) is 13.6. The molecule has 0 fully saturated rings. The maximum atomic E-state index is 11.5. The highest BCUT2D eigenvalue weighted by Gasteiger charge is 2.15. The molecule has 0 aliphatic carbocycles. The topological polar surface area (TPSA) is 89.3 Å². The van der Waals surface area contributed by atoms with Crippen molar-refractivity contribution in [2.24, 2.45) is 0 Å². The largest absolute Gasteiger partial charge is 0.444 e. The molecule has 0 radical (unpaired) electrons. The molecule has 0 aliphatic rings. The van der Waals surface area contributed by atoms with Crippen LogP contribution in [0.1, 0.15) is 27.2 Å². The van der Waals surface area contributed by atoms with Gasteiger partial charge < -0.3 is 19.8 Å². The number of ether oxygens (including phenoxy) is 1. The van der Waals surface area contributed by atoms with Crippen LogP contribution in [0.5, 0.6) is 0 Å². The van der Waals surface area contributed by atoms with Gasteiger partial charge in [0, 0.05) is 24.3 Å². The highest BCUT2D eigenvalue weighted by atomic mass is 16.6. The summed E-state index contributed by atoms with van der Waals surface area (Å²) in [6.07, 6.45) is 1.71. The van der Waals surface area contributed by atoms with E-state index in [0.717, 1.165) is 24.2 Å². The van der Waals surface area contributed by atoms with Gasteiger partial charge in [0.1, 0.15) is 5.60 Å². The second kappa shape index (κ2) is 7.62. The van der Waals surface area contributed by atoms with Crippen LogP contribution in [-0.2, 0) is 4.74 Å². The first kappa shape index (κ1) is 16.8. The van der Waals surface area contributed by atoms with Gasteiger partial charge in [-0.2, -0.15) is 0 Å². The molecule has 0 aliphatic heterocycles. The summed E-state index contributed by atoms with van der Waals surface area (Å²) in [6.45, 7) is 6.82. The first-order chi connectivity index (χ1) is 10.9. The zero-order valence-corrected chi connectivity index (χ0v) is 13.6. The van der Waals surface area contributed by atoms with Crippen LogP contribution in [0.4, 0.5) is 10.5 Å². The van der Waals surface area contributed by atoms with Crippen LogP contribution in [0.2, 0.25) is 0 Å². The Kier molecular flexibility index (Phi) is 5.56. The number of alkyl carbamates (subject to hydrolysis) is 1. The third-order valence-corrected chi connectivity index (χ3v) is 2.84. The molecule has 7 heteroatoms. The van der Waals surface area contributed by atoms with Crippen LogP contribution in [0.15, 0.2) is 35.1 Å². The highest BCUT2D eigenvalue weighted by molar-refractivity contribution is 5.67. The molecule has 23 heavy (non-hydrogen) atoms. The van der Waals surface area contributed by atoms with Crippen LogP contribution in [0.25, 0.3) is 11.5 Å². The number of hydrogen-bond donors (Lipinski definition) is 2. The third kappa shape index (κ3) is 5.98. The van der Waals surface area contributed by atoms with E-state index in [1.807, 2.05) is 45.0 Å². The zero-order chi connectivity index (χ0) is 16.7. The molecule has 1 amide bonds. The fourth-order valence-electron chi connectivity index (χ4n) is 1.86. The molecule has 124 valence electrons. The molecule has 0 saturated carbocycles. The Balaban J connectivity index is 1.66. The molecular formula is C16H22N4O3. The van der Waals surface area contributed by atoms with E-state index in [4.69, 9.17) is 9.15 Å². The summed E-state index contributed by atoms with van der Waals surface area (Å²) in [7, 11) is 0. The standard InChI is InChI=1S/C16H22N4O3/c1-16(2,3)23-15(21)18-10-4-9-17-13-7-5-12(6-8-13)14-20-19-11-22-14/h5-8,11,17H,4,9-10H2,1-3H3,(H,18,21). The number of amides is 1. The predicted octanol–water partition coefficient (Wildman–Crippen LogP) is 3.06. The summed E-state index contributed by atoms with van der Waals surface area (Å²) < 4.78 is 10.3. The van der Waals surface area contributed by atoms with Gasteiger partial charge in [-0.1, -0.05) is 0 Å². The molecule has 1 aromatic carbocycles. The van der Waals surface area contributed by atoms with Crippen LogP contribution in [0, 0.1) is 0 Å². The van der Waals surface area contributed by atoms with Crippen molar-refractivity contribution in [3.05, 3.63) is 30.7 Å². The number of carbonyl (C=O) groups excluding carboxylic acids is 1. The van der Waals surface area contributed by atoms with Crippen molar-refractivity contribution in [1.82, 2.24) is 15.5 Å². The van der Waals surface area contributed by atoms with E-state index in [1.54, 1.807) is 0 Å². The average molecular weight is 318 g/mol. The van der Waals surface area contributed by atoms with Gasteiger partial charge in [-0.15, -0.1) is 10.2 Å². The van der Waals surface area contributed by atoms with Gasteiger partial charge in [0.05, 0.1) is 0 Å². The molecule has 2 aromatic rings. The third-order valence-electron chi connectivity index (χ3n) is 2.84. The molecular weight excluding hydrogens is 296 g/mol. The number of hydrogen-bond acceptors (Lipinski definition) is 6. The summed E-state index contributed by atoms with van der Waals surface area (Å²) in [4.78, 5) is 11.5. The predicted molar refractivity (Wildman–Crippen MR) is 87.1 cm³/mol. The van der Waals surface area contributed by atoms with Crippen molar-refractivity contribution in [2.45, 2.75) is 32.8 Å². The lowest BCUT2D eigenvalue weighted by atomic mass is 10.2. The average Bonchev–Trinajstić information content (AvgIpc) is 3.00. The van der Waals surface area contributed by atoms with E-state index in [1.165, 1.54) is 6.39 Å². The molecule has 0 atom stereocenters. The SMILES string of the molecule is CC(C)(C)OC(=O)NCCCNc1ccc(-c2nnco2)cc1. The first-order valence-electron chi connectivity index (χ1n) is 7.51. The van der Waals surface area contributed by atoms with Crippen molar-refractivity contribution in [3.63, 3.8) is 0 Å². The Bertz CT molecular complexity index is 603. The second-order valence-electron chi connectivity index (χ2n) is 6.03. The fraction of sp³-hybridized carbons (Fsp3) is 0.438. The van der Waals surface area contributed by atoms with Gasteiger partial charge in [0.2, 0.25) is 12.3 Å². The van der Waals surface area contributed by atoms with Crippen molar-refractivity contribution in [3.8, 4) is 11.5 Å². The molecule has 2 N–H and O–H groups in total. The number of nitrogens with one attached hydrogen (secondary N) is 2. The molecule has 7 nitrogen and oxygen atoms in total. The Morgan fingerprint density at radius 1 is 1.22 bits per heavy atom. The Morgan fingerprint density at radius 3 is 2.57 bits per heavy atom. The van der Waals surface area contributed by atoms with Gasteiger partial charge >= 0.3 is 6.09 Å². The lowest BCUT2D eigenvalue weighted by Crippen LogP contribution is -2.33. The summed E-state index contributed by atoms with van der Waals surface area (Å²) in [6, 6.07) is 7.71. The molecule has 1 aromatic heterocycles. The van der Waals surface area contributed by atoms with Crippen LogP contribution >= 0.6 is 0 Å². The van der Waals surface area contributed by atoms with Crippen molar-refractivity contribution < 1.29 is 13.9 Å². The molecule has 0 bridgehead atoms. The highest BCUT2D eigenvalue weighted by Crippen LogP contribution is 2.18. The molecule has 1 heterocycles. The van der Waals surface area contributed by atoms with Crippen LogP contribution in [-0.4, -0.2) is 35.0 Å². The van der Waals surface area contributed by atoms with Gasteiger partial charge in [-0.25, -0.2) is 4.79 Å². The molecule has 0 unspecified atom stereocenters.